The van der Waals surface area contributed by atoms with Gasteiger partial charge in [-0.1, -0.05) is 26.0 Å². The molecule has 1 unspecified atom stereocenters. The van der Waals surface area contributed by atoms with E-state index in [4.69, 9.17) is 10.5 Å². The van der Waals surface area contributed by atoms with Crippen molar-refractivity contribution in [1.29, 1.82) is 0 Å². The Bertz CT molecular complexity index is 901. The monoisotopic (exact) mass is 379 g/mol. The molecule has 2 aromatic carbocycles. The molecule has 0 saturated carbocycles. The molecular weight excluding hydrogens is 350 g/mol. The smallest absolute Gasteiger partial charge is 0.248 e. The number of hydrogen-bond donors (Lipinski definition) is 2. The van der Waals surface area contributed by atoms with Gasteiger partial charge in [0.1, 0.15) is 0 Å². The molecule has 1 saturated heterocycles. The zero-order valence-corrected chi connectivity index (χ0v) is 16.9. The molecule has 148 valence electrons. The third-order valence-corrected chi connectivity index (χ3v) is 6.03. The Morgan fingerprint density at radius 3 is 2.68 bits per heavy atom. The number of aryl methyl sites for hydroxylation is 1. The molecule has 3 N–H and O–H groups in total. The molecule has 1 fully saturated rings. The Kier molecular flexibility index (Phi) is 4.79. The fourth-order valence-corrected chi connectivity index (χ4v) is 4.46. The van der Waals surface area contributed by atoms with E-state index in [-0.39, 0.29) is 17.4 Å². The number of fused-ring (bicyclic) bond motifs is 1. The van der Waals surface area contributed by atoms with E-state index < -0.39 is 0 Å². The molecule has 2 aliphatic rings. The van der Waals surface area contributed by atoms with Gasteiger partial charge in [0.05, 0.1) is 19.3 Å². The van der Waals surface area contributed by atoms with Gasteiger partial charge in [-0.05, 0) is 59.7 Å². The van der Waals surface area contributed by atoms with Crippen LogP contribution in [-0.4, -0.2) is 32.2 Å². The van der Waals surface area contributed by atoms with Gasteiger partial charge in [-0.25, -0.2) is 0 Å². The van der Waals surface area contributed by atoms with Crippen LogP contribution in [0.25, 0.3) is 0 Å². The number of benzene rings is 2. The number of morpholine rings is 1. The molecular formula is C23H29N3O2. The van der Waals surface area contributed by atoms with E-state index in [9.17, 15) is 4.79 Å². The van der Waals surface area contributed by atoms with Crippen molar-refractivity contribution in [1.82, 2.24) is 0 Å². The van der Waals surface area contributed by atoms with Crippen molar-refractivity contribution in [3.8, 4) is 0 Å². The van der Waals surface area contributed by atoms with Gasteiger partial charge in [-0.15, -0.1) is 0 Å². The van der Waals surface area contributed by atoms with Gasteiger partial charge >= 0.3 is 0 Å². The lowest BCUT2D eigenvalue weighted by Gasteiger charge is -2.40. The van der Waals surface area contributed by atoms with E-state index in [1.54, 1.807) is 0 Å². The summed E-state index contributed by atoms with van der Waals surface area (Å²) in [6, 6.07) is 12.9. The zero-order valence-electron chi connectivity index (χ0n) is 16.9. The van der Waals surface area contributed by atoms with Crippen LogP contribution in [0.1, 0.15) is 53.4 Å². The van der Waals surface area contributed by atoms with Crippen molar-refractivity contribution in [2.24, 2.45) is 5.73 Å². The number of nitrogens with zero attached hydrogens (tertiary/aromatic N) is 1. The first kappa shape index (κ1) is 18.8. The van der Waals surface area contributed by atoms with Crippen molar-refractivity contribution in [2.75, 3.05) is 36.5 Å². The minimum Gasteiger partial charge on any atom is -0.378 e. The fraction of sp³-hybridized carbons (Fsp3) is 0.435. The van der Waals surface area contributed by atoms with Crippen molar-refractivity contribution in [3.05, 3.63) is 58.7 Å². The quantitative estimate of drug-likeness (QED) is 0.852. The highest BCUT2D eigenvalue weighted by molar-refractivity contribution is 5.94. The number of hydrogen-bond acceptors (Lipinski definition) is 4. The molecule has 0 aromatic heterocycles. The molecule has 0 radical (unpaired) electrons. The standard InChI is InChI=1S/C23H29N3O2/c1-15-11-17(22(24)27)13-19-21(15)25-20(14-23(19,2)3)16-5-4-6-18(12-16)26-7-9-28-10-8-26/h4-6,11-13,20,25H,7-10,14H2,1-3H3,(H2,24,27). The zero-order chi connectivity index (χ0) is 19.9. The first-order valence-electron chi connectivity index (χ1n) is 9.99. The highest BCUT2D eigenvalue weighted by atomic mass is 16.5. The summed E-state index contributed by atoms with van der Waals surface area (Å²) in [4.78, 5) is 14.1. The van der Waals surface area contributed by atoms with Gasteiger partial charge in [0.15, 0.2) is 0 Å². The number of nitrogens with one attached hydrogen (secondary N) is 1. The van der Waals surface area contributed by atoms with E-state index in [2.05, 4.69) is 48.3 Å². The molecule has 28 heavy (non-hydrogen) atoms. The van der Waals surface area contributed by atoms with Crippen molar-refractivity contribution in [3.63, 3.8) is 0 Å². The lowest BCUT2D eigenvalue weighted by atomic mass is 9.73. The molecule has 2 heterocycles. The largest absolute Gasteiger partial charge is 0.378 e. The number of carbonyl (C=O) groups excluding carboxylic acids is 1. The van der Waals surface area contributed by atoms with Crippen LogP contribution in [-0.2, 0) is 10.2 Å². The summed E-state index contributed by atoms with van der Waals surface area (Å²) in [7, 11) is 0. The summed E-state index contributed by atoms with van der Waals surface area (Å²) in [5.74, 6) is -0.373. The molecule has 1 atom stereocenters. The number of carbonyl (C=O) groups is 1. The van der Waals surface area contributed by atoms with Crippen LogP contribution >= 0.6 is 0 Å². The molecule has 5 nitrogen and oxygen atoms in total. The highest BCUT2D eigenvalue weighted by Gasteiger charge is 2.35. The van der Waals surface area contributed by atoms with Gasteiger partial charge in [0.2, 0.25) is 5.91 Å². The van der Waals surface area contributed by atoms with Crippen molar-refractivity contribution in [2.45, 2.75) is 38.6 Å². The lowest BCUT2D eigenvalue weighted by Crippen LogP contribution is -2.36. The maximum absolute atomic E-state index is 11.7. The average Bonchev–Trinajstić information content (AvgIpc) is 2.68. The van der Waals surface area contributed by atoms with Gasteiger partial charge in [0.25, 0.3) is 0 Å². The van der Waals surface area contributed by atoms with Crippen molar-refractivity contribution >= 4 is 17.3 Å². The summed E-state index contributed by atoms with van der Waals surface area (Å²) >= 11 is 0. The van der Waals surface area contributed by atoms with Crippen LogP contribution < -0.4 is 16.0 Å². The Morgan fingerprint density at radius 2 is 1.96 bits per heavy atom. The molecule has 4 rings (SSSR count). The third kappa shape index (κ3) is 3.47. The van der Waals surface area contributed by atoms with Crippen LogP contribution in [0.2, 0.25) is 0 Å². The second-order valence-corrected chi connectivity index (χ2v) is 8.56. The molecule has 2 aliphatic heterocycles. The maximum Gasteiger partial charge on any atom is 0.248 e. The summed E-state index contributed by atoms with van der Waals surface area (Å²) < 4.78 is 5.49. The summed E-state index contributed by atoms with van der Waals surface area (Å²) in [6.07, 6.45) is 0.953. The van der Waals surface area contributed by atoms with E-state index in [0.29, 0.717) is 5.56 Å². The maximum atomic E-state index is 11.7. The average molecular weight is 380 g/mol. The molecule has 0 bridgehead atoms. The number of primary amides is 1. The number of amides is 1. The van der Waals surface area contributed by atoms with Crippen LogP contribution in [0.4, 0.5) is 11.4 Å². The first-order chi connectivity index (χ1) is 13.3. The Hall–Kier alpha value is -2.53. The van der Waals surface area contributed by atoms with Gasteiger partial charge in [-0.2, -0.15) is 0 Å². The first-order valence-corrected chi connectivity index (χ1v) is 9.99. The van der Waals surface area contributed by atoms with Crippen LogP contribution in [0, 0.1) is 6.92 Å². The van der Waals surface area contributed by atoms with Crippen LogP contribution in [0.3, 0.4) is 0 Å². The summed E-state index contributed by atoms with van der Waals surface area (Å²) in [5, 5.41) is 3.74. The van der Waals surface area contributed by atoms with Crippen LogP contribution in [0.5, 0.6) is 0 Å². The molecule has 0 aliphatic carbocycles. The summed E-state index contributed by atoms with van der Waals surface area (Å²) in [6.45, 7) is 9.98. The van der Waals surface area contributed by atoms with E-state index in [0.717, 1.165) is 44.0 Å². The highest BCUT2D eigenvalue weighted by Crippen LogP contribution is 2.46. The topological polar surface area (TPSA) is 67.6 Å². The second-order valence-electron chi connectivity index (χ2n) is 8.56. The second kappa shape index (κ2) is 7.13. The van der Waals surface area contributed by atoms with E-state index >= 15 is 0 Å². The molecule has 1 amide bonds. The SMILES string of the molecule is Cc1cc(C(N)=O)cc2c1NC(c1cccc(N3CCOCC3)c1)CC2(C)C. The minimum atomic E-state index is -0.373. The lowest BCUT2D eigenvalue weighted by molar-refractivity contribution is 0.1000. The normalized spacial score (nSPS) is 21.0. The summed E-state index contributed by atoms with van der Waals surface area (Å²) in [5.41, 5.74) is 12.0. The van der Waals surface area contributed by atoms with Gasteiger partial charge < -0.3 is 20.7 Å². The number of anilines is 2. The number of nitrogens with two attached hydrogens (primary N) is 1. The minimum absolute atomic E-state index is 0.0591. The van der Waals surface area contributed by atoms with E-state index in [1.165, 1.54) is 16.8 Å². The molecule has 5 heteroatoms. The Labute approximate surface area is 166 Å². The van der Waals surface area contributed by atoms with Crippen molar-refractivity contribution < 1.29 is 9.53 Å². The molecule has 2 aromatic rings. The van der Waals surface area contributed by atoms with Gasteiger partial charge in [0, 0.05) is 30.0 Å². The number of rotatable bonds is 3. The molecule has 0 spiro atoms. The predicted molar refractivity (Wildman–Crippen MR) is 113 cm³/mol. The third-order valence-electron chi connectivity index (χ3n) is 6.03. The predicted octanol–water partition coefficient (Wildman–Crippen LogP) is 3.77. The van der Waals surface area contributed by atoms with Gasteiger partial charge in [-0.3, -0.25) is 4.79 Å². The Balaban J connectivity index is 1.68. The van der Waals surface area contributed by atoms with Crippen LogP contribution in [0.15, 0.2) is 36.4 Å². The number of ether oxygens (including phenoxy) is 1. The van der Waals surface area contributed by atoms with E-state index in [1.807, 2.05) is 19.1 Å². The Morgan fingerprint density at radius 1 is 1.21 bits per heavy atom. The fourth-order valence-electron chi connectivity index (χ4n) is 4.46.